The van der Waals surface area contributed by atoms with Crippen LogP contribution < -0.4 is 15.4 Å². The first-order chi connectivity index (χ1) is 15.8. The largest absolute Gasteiger partial charge is 0.479 e. The number of rotatable bonds is 5. The fraction of sp³-hybridized carbons (Fsp3) is 0.125. The molecule has 1 amide bonds. The number of thiocarbonyl (C=S) groups is 1. The fourth-order valence-corrected chi connectivity index (χ4v) is 3.75. The molecule has 3 aromatic carbocycles. The van der Waals surface area contributed by atoms with E-state index in [0.717, 1.165) is 22.2 Å². The zero-order valence-electron chi connectivity index (χ0n) is 17.7. The Labute approximate surface area is 205 Å². The third-order valence-electron chi connectivity index (χ3n) is 4.71. The van der Waals surface area contributed by atoms with Crippen LogP contribution in [-0.2, 0) is 4.79 Å². The van der Waals surface area contributed by atoms with E-state index in [1.807, 2.05) is 49.4 Å². The number of nitrogens with zero attached hydrogens (tertiary/aromatic N) is 1. The van der Waals surface area contributed by atoms with Gasteiger partial charge < -0.3 is 14.5 Å². The second-order valence-corrected chi connectivity index (χ2v) is 8.60. The van der Waals surface area contributed by atoms with Gasteiger partial charge in [0, 0.05) is 16.3 Å². The lowest BCUT2D eigenvalue weighted by Gasteiger charge is -2.16. The lowest BCUT2D eigenvalue weighted by molar-refractivity contribution is -0.125. The van der Waals surface area contributed by atoms with Gasteiger partial charge >= 0.3 is 0 Å². The highest BCUT2D eigenvalue weighted by molar-refractivity contribution is 7.80. The summed E-state index contributed by atoms with van der Waals surface area (Å²) in [4.78, 5) is 17.0. The molecule has 168 valence electrons. The molecule has 1 unspecified atom stereocenters. The fourth-order valence-electron chi connectivity index (χ4n) is 3.08. The first-order valence-corrected chi connectivity index (χ1v) is 11.2. The van der Waals surface area contributed by atoms with Gasteiger partial charge in [0.05, 0.1) is 5.02 Å². The SMILES string of the molecule is Cc1ccc2nc(-c3cccc(NC(=S)NC(=O)C(C)Oc4ccc(Cl)cc4Cl)c3)oc2c1. The van der Waals surface area contributed by atoms with Gasteiger partial charge in [0.25, 0.3) is 5.91 Å². The smallest absolute Gasteiger partial charge is 0.266 e. The molecule has 1 atom stereocenters. The maximum absolute atomic E-state index is 12.5. The number of ether oxygens (including phenoxy) is 1. The molecule has 0 bridgehead atoms. The van der Waals surface area contributed by atoms with Crippen LogP contribution in [0.4, 0.5) is 5.69 Å². The molecule has 0 saturated heterocycles. The van der Waals surface area contributed by atoms with Gasteiger partial charge in [-0.3, -0.25) is 10.1 Å². The van der Waals surface area contributed by atoms with Gasteiger partial charge in [-0.05, 0) is 80.2 Å². The van der Waals surface area contributed by atoms with Crippen molar-refractivity contribution in [2.45, 2.75) is 20.0 Å². The molecule has 6 nitrogen and oxygen atoms in total. The number of amides is 1. The van der Waals surface area contributed by atoms with Crippen LogP contribution in [0.2, 0.25) is 10.0 Å². The Kier molecular flexibility index (Phi) is 6.83. The standard InChI is InChI=1S/C24H19Cl2N3O3S/c1-13-6-8-19-21(10-13)32-23(28-19)15-4-3-5-17(11-15)27-24(33)29-22(30)14(2)31-20-9-7-16(25)12-18(20)26/h3-12,14H,1-2H3,(H2,27,29,30,33). The molecule has 1 aromatic heterocycles. The lowest BCUT2D eigenvalue weighted by Crippen LogP contribution is -2.42. The minimum Gasteiger partial charge on any atom is -0.479 e. The normalized spacial score (nSPS) is 11.8. The van der Waals surface area contributed by atoms with E-state index in [4.69, 9.17) is 44.6 Å². The molecular weight excluding hydrogens is 481 g/mol. The van der Waals surface area contributed by atoms with Gasteiger partial charge in [0.2, 0.25) is 5.89 Å². The highest BCUT2D eigenvalue weighted by atomic mass is 35.5. The zero-order valence-corrected chi connectivity index (χ0v) is 20.0. The minimum atomic E-state index is -0.835. The molecule has 4 rings (SSSR count). The number of aromatic nitrogens is 1. The lowest BCUT2D eigenvalue weighted by atomic mass is 10.2. The van der Waals surface area contributed by atoms with Crippen molar-refractivity contribution in [3.05, 3.63) is 76.3 Å². The Balaban J connectivity index is 1.40. The quantitative estimate of drug-likeness (QED) is 0.309. The van der Waals surface area contributed by atoms with Crippen LogP contribution in [0.3, 0.4) is 0 Å². The molecular formula is C24H19Cl2N3O3S. The molecule has 0 aliphatic rings. The number of hydrogen-bond donors (Lipinski definition) is 2. The summed E-state index contributed by atoms with van der Waals surface area (Å²) in [6.45, 7) is 3.59. The van der Waals surface area contributed by atoms with E-state index in [1.54, 1.807) is 25.1 Å². The van der Waals surface area contributed by atoms with Gasteiger partial charge in [-0.15, -0.1) is 0 Å². The van der Waals surface area contributed by atoms with Crippen LogP contribution in [0, 0.1) is 6.92 Å². The van der Waals surface area contributed by atoms with E-state index in [2.05, 4.69) is 15.6 Å². The van der Waals surface area contributed by atoms with Crippen LogP contribution in [0.15, 0.2) is 65.1 Å². The first-order valence-electron chi connectivity index (χ1n) is 9.99. The molecule has 0 fully saturated rings. The molecule has 0 aliphatic carbocycles. The van der Waals surface area contributed by atoms with Crippen LogP contribution in [0.1, 0.15) is 12.5 Å². The summed E-state index contributed by atoms with van der Waals surface area (Å²) < 4.78 is 11.5. The zero-order chi connectivity index (χ0) is 23.5. The van der Waals surface area contributed by atoms with Crippen LogP contribution in [0.25, 0.3) is 22.6 Å². The van der Waals surface area contributed by atoms with E-state index in [0.29, 0.717) is 27.4 Å². The molecule has 0 radical (unpaired) electrons. The summed E-state index contributed by atoms with van der Waals surface area (Å²) in [5.41, 5.74) is 4.05. The molecule has 0 spiro atoms. The van der Waals surface area contributed by atoms with Gasteiger partial charge in [-0.1, -0.05) is 35.3 Å². The van der Waals surface area contributed by atoms with E-state index in [-0.39, 0.29) is 5.11 Å². The Hall–Kier alpha value is -3.13. The number of benzene rings is 3. The average molecular weight is 500 g/mol. The number of nitrogens with one attached hydrogen (secondary N) is 2. The monoisotopic (exact) mass is 499 g/mol. The Morgan fingerprint density at radius 2 is 1.94 bits per heavy atom. The van der Waals surface area contributed by atoms with Crippen molar-refractivity contribution in [3.8, 4) is 17.2 Å². The van der Waals surface area contributed by atoms with Crippen molar-refractivity contribution in [2.75, 3.05) is 5.32 Å². The third kappa shape index (κ3) is 5.63. The summed E-state index contributed by atoms with van der Waals surface area (Å²) >= 11 is 17.3. The van der Waals surface area contributed by atoms with E-state index < -0.39 is 12.0 Å². The highest BCUT2D eigenvalue weighted by Crippen LogP contribution is 2.29. The van der Waals surface area contributed by atoms with Gasteiger partial charge in [0.1, 0.15) is 11.3 Å². The number of fused-ring (bicyclic) bond motifs is 1. The number of carbonyl (C=O) groups excluding carboxylic acids is 1. The van der Waals surface area contributed by atoms with Gasteiger partial charge in [-0.25, -0.2) is 4.98 Å². The van der Waals surface area contributed by atoms with Crippen LogP contribution in [-0.4, -0.2) is 22.1 Å². The summed E-state index contributed by atoms with van der Waals surface area (Å²) in [6, 6.07) is 18.0. The second kappa shape index (κ2) is 9.79. The molecule has 33 heavy (non-hydrogen) atoms. The van der Waals surface area contributed by atoms with E-state index in [9.17, 15) is 4.79 Å². The number of hydrogen-bond acceptors (Lipinski definition) is 5. The van der Waals surface area contributed by atoms with Crippen molar-refractivity contribution < 1.29 is 13.9 Å². The van der Waals surface area contributed by atoms with E-state index in [1.165, 1.54) is 0 Å². The number of anilines is 1. The topological polar surface area (TPSA) is 76.4 Å². The maximum atomic E-state index is 12.5. The second-order valence-electron chi connectivity index (χ2n) is 7.35. The van der Waals surface area contributed by atoms with Crippen molar-refractivity contribution in [3.63, 3.8) is 0 Å². The van der Waals surface area contributed by atoms with Crippen LogP contribution >= 0.6 is 35.4 Å². The molecule has 1 heterocycles. The predicted molar refractivity (Wildman–Crippen MR) is 135 cm³/mol. The average Bonchev–Trinajstić information content (AvgIpc) is 3.19. The van der Waals surface area contributed by atoms with Gasteiger partial charge in [-0.2, -0.15) is 0 Å². The molecule has 2 N–H and O–H groups in total. The Morgan fingerprint density at radius 1 is 1.12 bits per heavy atom. The number of oxazole rings is 1. The summed E-state index contributed by atoms with van der Waals surface area (Å²) in [5.74, 6) is 0.420. The third-order valence-corrected chi connectivity index (χ3v) is 5.45. The first kappa shape index (κ1) is 23.0. The number of aryl methyl sites for hydroxylation is 1. The Morgan fingerprint density at radius 3 is 2.73 bits per heavy atom. The van der Waals surface area contributed by atoms with Crippen LogP contribution in [0.5, 0.6) is 5.75 Å². The Bertz CT molecular complexity index is 1360. The predicted octanol–water partition coefficient (Wildman–Crippen LogP) is 6.39. The van der Waals surface area contributed by atoms with Crippen molar-refractivity contribution in [1.82, 2.24) is 10.3 Å². The van der Waals surface area contributed by atoms with Crippen molar-refractivity contribution in [1.29, 1.82) is 0 Å². The minimum absolute atomic E-state index is 0.128. The van der Waals surface area contributed by atoms with E-state index >= 15 is 0 Å². The summed E-state index contributed by atoms with van der Waals surface area (Å²) in [7, 11) is 0. The summed E-state index contributed by atoms with van der Waals surface area (Å²) in [6.07, 6.45) is -0.835. The molecule has 0 saturated carbocycles. The number of carbonyl (C=O) groups is 1. The maximum Gasteiger partial charge on any atom is 0.266 e. The highest BCUT2D eigenvalue weighted by Gasteiger charge is 2.18. The molecule has 4 aromatic rings. The van der Waals surface area contributed by atoms with Gasteiger partial charge in [0.15, 0.2) is 16.8 Å². The number of halogens is 2. The molecule has 0 aliphatic heterocycles. The molecule has 9 heteroatoms. The van der Waals surface area contributed by atoms with Crippen molar-refractivity contribution >= 4 is 63.2 Å². The summed E-state index contributed by atoms with van der Waals surface area (Å²) in [5, 5.41) is 6.53. The van der Waals surface area contributed by atoms with Crippen molar-refractivity contribution in [2.24, 2.45) is 0 Å².